The van der Waals surface area contributed by atoms with Crippen LogP contribution in [0.25, 0.3) is 0 Å². The molecule has 2 aromatic carbocycles. The van der Waals surface area contributed by atoms with E-state index >= 15 is 0 Å². The van der Waals surface area contributed by atoms with Crippen molar-refractivity contribution in [1.82, 2.24) is 0 Å². The van der Waals surface area contributed by atoms with Gasteiger partial charge in [0.1, 0.15) is 12.2 Å². The summed E-state index contributed by atoms with van der Waals surface area (Å²) < 4.78 is 15.4. The van der Waals surface area contributed by atoms with E-state index in [9.17, 15) is 4.79 Å². The first-order valence-corrected chi connectivity index (χ1v) is 11.2. The fourth-order valence-electron chi connectivity index (χ4n) is 3.40. The predicted molar refractivity (Wildman–Crippen MR) is 125 cm³/mol. The zero-order valence-corrected chi connectivity index (χ0v) is 19.9. The van der Waals surface area contributed by atoms with Gasteiger partial charge in [0.25, 0.3) is 0 Å². The molecule has 0 fully saturated rings. The van der Waals surface area contributed by atoms with Crippen molar-refractivity contribution in [1.29, 1.82) is 0 Å². The topological polar surface area (TPSA) is 44.8 Å². The Morgan fingerprint density at radius 1 is 1.19 bits per heavy atom. The zero-order chi connectivity index (χ0) is 22.7. The molecule has 0 bridgehead atoms. The smallest absolute Gasteiger partial charge is 0.315 e. The van der Waals surface area contributed by atoms with Crippen LogP contribution in [0.2, 0.25) is 5.02 Å². The highest BCUT2D eigenvalue weighted by Crippen LogP contribution is 2.34. The molecule has 1 atom stereocenters. The molecule has 0 aliphatic heterocycles. The third-order valence-electron chi connectivity index (χ3n) is 4.99. The van der Waals surface area contributed by atoms with Crippen molar-refractivity contribution in [3.05, 3.63) is 58.6 Å². The molecule has 0 saturated carbocycles. The summed E-state index contributed by atoms with van der Waals surface area (Å²) in [5.74, 6) is 2.23. The van der Waals surface area contributed by atoms with Crippen LogP contribution >= 0.6 is 23.4 Å². The molecule has 166 valence electrons. The number of rotatable bonds is 12. The van der Waals surface area contributed by atoms with E-state index in [1.54, 1.807) is 11.8 Å². The highest BCUT2D eigenvalue weighted by atomic mass is 35.5. The van der Waals surface area contributed by atoms with E-state index in [0.29, 0.717) is 11.4 Å². The molecule has 0 aliphatic carbocycles. The molecular weight excluding hydrogens is 432 g/mol. The average molecular weight is 461 g/mol. The summed E-state index contributed by atoms with van der Waals surface area (Å²) in [4.78, 5) is 14.8. The molecular formula is C25H29ClO4S. The van der Waals surface area contributed by atoms with E-state index in [1.807, 2.05) is 18.2 Å². The molecule has 0 saturated heterocycles. The zero-order valence-electron chi connectivity index (χ0n) is 18.3. The van der Waals surface area contributed by atoms with Crippen LogP contribution in [-0.2, 0) is 25.4 Å². The van der Waals surface area contributed by atoms with Crippen LogP contribution in [0, 0.1) is 24.7 Å². The average Bonchev–Trinajstić information content (AvgIpc) is 2.75. The van der Waals surface area contributed by atoms with Gasteiger partial charge in [-0.05, 0) is 56.0 Å². The number of esters is 1. The fraction of sp³-hybridized carbons (Fsp3) is 0.400. The number of terminal acetylenes is 1. The minimum Gasteiger partial charge on any atom is -0.468 e. The molecule has 2 rings (SSSR count). The van der Waals surface area contributed by atoms with Gasteiger partial charge in [-0.25, -0.2) is 0 Å². The second kappa shape index (κ2) is 12.8. The monoisotopic (exact) mass is 460 g/mol. The first-order valence-electron chi connectivity index (χ1n) is 10.1. The van der Waals surface area contributed by atoms with Gasteiger partial charge in [-0.1, -0.05) is 47.1 Å². The number of carbonyl (C=O) groups is 1. The van der Waals surface area contributed by atoms with E-state index in [0.717, 1.165) is 23.3 Å². The summed E-state index contributed by atoms with van der Waals surface area (Å²) >= 11 is 8.23. The van der Waals surface area contributed by atoms with Gasteiger partial charge < -0.3 is 14.2 Å². The van der Waals surface area contributed by atoms with Crippen LogP contribution in [-0.4, -0.2) is 33.6 Å². The van der Waals surface area contributed by atoms with Gasteiger partial charge in [0, 0.05) is 28.3 Å². The van der Waals surface area contributed by atoms with Crippen LogP contribution < -0.4 is 0 Å². The lowest BCUT2D eigenvalue weighted by atomic mass is 9.80. The maximum atomic E-state index is 12.5. The largest absolute Gasteiger partial charge is 0.468 e. The highest BCUT2D eigenvalue weighted by Gasteiger charge is 2.39. The maximum absolute atomic E-state index is 12.5. The van der Waals surface area contributed by atoms with Crippen LogP contribution in [0.5, 0.6) is 0 Å². The molecule has 0 spiro atoms. The Morgan fingerprint density at radius 2 is 1.97 bits per heavy atom. The summed E-state index contributed by atoms with van der Waals surface area (Å²) in [6.45, 7) is 2.32. The summed E-state index contributed by atoms with van der Waals surface area (Å²) in [5.41, 5.74) is 1.37. The lowest BCUT2D eigenvalue weighted by Gasteiger charge is -2.29. The molecule has 0 radical (unpaired) electrons. The second-order valence-electron chi connectivity index (χ2n) is 7.43. The van der Waals surface area contributed by atoms with E-state index in [2.05, 4.69) is 37.1 Å². The third kappa shape index (κ3) is 7.59. The van der Waals surface area contributed by atoms with Gasteiger partial charge in [-0.3, -0.25) is 4.79 Å². The number of carbonyl (C=O) groups excluding carboxylic acids is 1. The van der Waals surface area contributed by atoms with Crippen molar-refractivity contribution in [2.24, 2.45) is 5.41 Å². The van der Waals surface area contributed by atoms with Crippen LogP contribution in [0.15, 0.2) is 52.3 Å². The molecule has 6 heteroatoms. The third-order valence-corrected chi connectivity index (χ3v) is 6.32. The lowest BCUT2D eigenvalue weighted by molar-refractivity contribution is -0.160. The van der Waals surface area contributed by atoms with Crippen molar-refractivity contribution < 1.29 is 19.0 Å². The molecule has 0 aliphatic rings. The Balaban J connectivity index is 2.04. The summed E-state index contributed by atoms with van der Waals surface area (Å²) in [6.07, 6.45) is 7.75. The maximum Gasteiger partial charge on any atom is 0.315 e. The first-order chi connectivity index (χ1) is 14.9. The minimum absolute atomic E-state index is 0.0925. The van der Waals surface area contributed by atoms with Crippen molar-refractivity contribution in [2.45, 2.75) is 42.4 Å². The van der Waals surface area contributed by atoms with Crippen molar-refractivity contribution in [2.75, 3.05) is 27.6 Å². The number of halogens is 1. The molecule has 31 heavy (non-hydrogen) atoms. The summed E-state index contributed by atoms with van der Waals surface area (Å²) in [7, 11) is 2.90. The van der Waals surface area contributed by atoms with Crippen molar-refractivity contribution >= 4 is 29.3 Å². The molecule has 1 unspecified atom stereocenters. The van der Waals surface area contributed by atoms with E-state index in [4.69, 9.17) is 32.2 Å². The number of ether oxygens (including phenoxy) is 3. The molecule has 2 aromatic rings. The Morgan fingerprint density at radius 3 is 2.61 bits per heavy atom. The molecule has 4 nitrogen and oxygen atoms in total. The lowest BCUT2D eigenvalue weighted by Crippen LogP contribution is -2.37. The molecule has 0 heterocycles. The van der Waals surface area contributed by atoms with E-state index < -0.39 is 5.41 Å². The Kier molecular flexibility index (Phi) is 10.4. The SMILES string of the molecule is C#CCC(CCCc1ccc(Sc2cccc(C)c2)cc1Cl)(COCOC)C(=O)OC. The normalized spacial score (nSPS) is 12.7. The van der Waals surface area contributed by atoms with Crippen molar-refractivity contribution in [3.63, 3.8) is 0 Å². The van der Waals surface area contributed by atoms with Gasteiger partial charge in [0.05, 0.1) is 13.7 Å². The van der Waals surface area contributed by atoms with Gasteiger partial charge in [-0.15, -0.1) is 12.3 Å². The van der Waals surface area contributed by atoms with Gasteiger partial charge in [-0.2, -0.15) is 0 Å². The van der Waals surface area contributed by atoms with Gasteiger partial charge in [0.2, 0.25) is 0 Å². The number of hydrogen-bond acceptors (Lipinski definition) is 5. The van der Waals surface area contributed by atoms with Crippen molar-refractivity contribution in [3.8, 4) is 12.3 Å². The van der Waals surface area contributed by atoms with Crippen LogP contribution in [0.1, 0.15) is 30.4 Å². The minimum atomic E-state index is -0.893. The second-order valence-corrected chi connectivity index (χ2v) is 8.99. The van der Waals surface area contributed by atoms with Gasteiger partial charge >= 0.3 is 5.97 Å². The quantitative estimate of drug-likeness (QED) is 0.170. The van der Waals surface area contributed by atoms with E-state index in [-0.39, 0.29) is 25.8 Å². The summed E-state index contributed by atoms with van der Waals surface area (Å²) in [5, 5.41) is 0.717. The Bertz CT molecular complexity index is 909. The summed E-state index contributed by atoms with van der Waals surface area (Å²) in [6, 6.07) is 14.5. The number of aryl methyl sites for hydroxylation is 2. The predicted octanol–water partition coefficient (Wildman–Crippen LogP) is 5.93. The molecule has 0 amide bonds. The molecule has 0 N–H and O–H groups in total. The number of benzene rings is 2. The Hall–Kier alpha value is -1.97. The van der Waals surface area contributed by atoms with Gasteiger partial charge in [0.15, 0.2) is 0 Å². The number of methoxy groups -OCH3 is 2. The Labute approximate surface area is 194 Å². The fourth-order valence-corrected chi connectivity index (χ4v) is 4.72. The first kappa shape index (κ1) is 25.3. The molecule has 0 aromatic heterocycles. The number of hydrogen-bond donors (Lipinski definition) is 0. The van der Waals surface area contributed by atoms with E-state index in [1.165, 1.54) is 24.7 Å². The van der Waals surface area contributed by atoms with Crippen LogP contribution in [0.3, 0.4) is 0 Å². The highest BCUT2D eigenvalue weighted by molar-refractivity contribution is 7.99. The van der Waals surface area contributed by atoms with Crippen LogP contribution in [0.4, 0.5) is 0 Å². The standard InChI is InChI=1S/C25H29ClO4S/c1-5-13-25(24(27)29-4,17-30-18-28-3)14-7-9-20-11-12-22(16-23(20)26)31-21-10-6-8-19(2)15-21/h1,6,8,10-12,15-16H,7,9,13-14,17-18H2,2-4H3.